The van der Waals surface area contributed by atoms with Crippen LogP contribution in [0.5, 0.6) is 0 Å². The molecule has 29 heavy (non-hydrogen) atoms. The van der Waals surface area contributed by atoms with Crippen LogP contribution < -0.4 is 22.1 Å². The van der Waals surface area contributed by atoms with Gasteiger partial charge in [-0.2, -0.15) is 0 Å². The first-order valence-corrected chi connectivity index (χ1v) is 8.33. The van der Waals surface area contributed by atoms with Crippen molar-refractivity contribution in [2.75, 3.05) is 18.4 Å². The lowest BCUT2D eigenvalue weighted by Gasteiger charge is -2.13. The maximum absolute atomic E-state index is 10.8. The molecule has 1 atom stereocenters. The predicted molar refractivity (Wildman–Crippen MR) is 101 cm³/mol. The predicted octanol–water partition coefficient (Wildman–Crippen LogP) is -0.739. The Morgan fingerprint density at radius 2 is 1.66 bits per heavy atom. The van der Waals surface area contributed by atoms with Crippen LogP contribution in [0.4, 0.5) is 11.4 Å². The molecule has 0 aliphatic heterocycles. The number of carbonyl (C=O) groups is 4. The highest BCUT2D eigenvalue weighted by atomic mass is 16.6. The lowest BCUT2D eigenvalue weighted by molar-refractivity contribution is -0.384. The number of rotatable bonds is 9. The number of hydrogen-bond donors (Lipinski definition) is 6. The maximum atomic E-state index is 10.8. The van der Waals surface area contributed by atoms with Crippen LogP contribution in [0.1, 0.15) is 19.3 Å². The average molecular weight is 413 g/mol. The van der Waals surface area contributed by atoms with Gasteiger partial charge in [0.1, 0.15) is 6.04 Å². The summed E-state index contributed by atoms with van der Waals surface area (Å²) in [6.45, 7) is 0.331. The summed E-state index contributed by atoms with van der Waals surface area (Å²) in [7, 11) is 0. The Bertz CT molecular complexity index is 723. The van der Waals surface area contributed by atoms with Crippen molar-refractivity contribution in [1.29, 1.82) is 0 Å². The van der Waals surface area contributed by atoms with Crippen LogP contribution in [0.2, 0.25) is 0 Å². The highest BCUT2D eigenvalue weighted by molar-refractivity contribution is 6.36. The van der Waals surface area contributed by atoms with Crippen molar-refractivity contribution in [1.82, 2.24) is 5.32 Å². The van der Waals surface area contributed by atoms with Gasteiger partial charge in [0.2, 0.25) is 5.91 Å². The zero-order valence-electron chi connectivity index (χ0n) is 15.4. The summed E-state index contributed by atoms with van der Waals surface area (Å²) in [5.74, 6) is -4.30. The number of nitrogens with two attached hydrogens (primary N) is 2. The lowest BCUT2D eigenvalue weighted by atomic mass is 10.1. The number of carboxylic acids is 2. The molecule has 0 aliphatic rings. The standard InChI is InChI=1S/C8H17N3O3.C8H6N2O5/c9-4-2-1-3-6(8(13)14)11-7(12)5-10;11-7(8(12)13)9-5-1-3-6(4-2-5)10(14)15/h6H,1-5,9-10H2,(H,11,12)(H,13,14);1-4H,(H,9,11)(H,12,13)/t6-;/m0./s1. The third-order valence-electron chi connectivity index (χ3n) is 3.30. The van der Waals surface area contributed by atoms with E-state index in [4.69, 9.17) is 21.7 Å². The van der Waals surface area contributed by atoms with Gasteiger partial charge < -0.3 is 32.3 Å². The van der Waals surface area contributed by atoms with Crippen LogP contribution in [0.3, 0.4) is 0 Å². The Labute approximate surface area is 165 Å². The Morgan fingerprint density at radius 3 is 2.07 bits per heavy atom. The molecule has 0 spiro atoms. The zero-order valence-corrected chi connectivity index (χ0v) is 15.4. The number of carboxylic acid groups (broad SMARTS) is 2. The summed E-state index contributed by atoms with van der Waals surface area (Å²) in [5, 5.41) is 31.6. The third kappa shape index (κ3) is 11.0. The molecule has 13 heteroatoms. The first-order chi connectivity index (χ1) is 13.6. The normalized spacial score (nSPS) is 10.7. The molecule has 0 aliphatic carbocycles. The molecule has 0 unspecified atom stereocenters. The van der Waals surface area contributed by atoms with Gasteiger partial charge in [0.25, 0.3) is 5.69 Å². The molecule has 0 radical (unpaired) electrons. The molecule has 0 saturated heterocycles. The lowest BCUT2D eigenvalue weighted by Crippen LogP contribution is -2.43. The molecular formula is C16H23N5O8. The highest BCUT2D eigenvalue weighted by Crippen LogP contribution is 2.15. The van der Waals surface area contributed by atoms with Gasteiger partial charge in [-0.3, -0.25) is 19.7 Å². The topological polar surface area (TPSA) is 228 Å². The number of amides is 2. The molecule has 1 aromatic rings. The van der Waals surface area contributed by atoms with Gasteiger partial charge in [-0.15, -0.1) is 0 Å². The summed E-state index contributed by atoms with van der Waals surface area (Å²) in [6, 6.07) is 3.98. The van der Waals surface area contributed by atoms with Gasteiger partial charge in [-0.1, -0.05) is 0 Å². The van der Waals surface area contributed by atoms with Crippen LogP contribution >= 0.6 is 0 Å². The van der Waals surface area contributed by atoms with Crippen molar-refractivity contribution in [2.45, 2.75) is 25.3 Å². The molecule has 1 aromatic carbocycles. The highest BCUT2D eigenvalue weighted by Gasteiger charge is 2.18. The van der Waals surface area contributed by atoms with E-state index in [-0.39, 0.29) is 17.9 Å². The van der Waals surface area contributed by atoms with E-state index in [2.05, 4.69) is 5.32 Å². The fourth-order valence-corrected chi connectivity index (χ4v) is 1.85. The Kier molecular flexibility index (Phi) is 11.9. The van der Waals surface area contributed by atoms with E-state index in [1.165, 1.54) is 12.1 Å². The van der Waals surface area contributed by atoms with Gasteiger partial charge >= 0.3 is 17.8 Å². The van der Waals surface area contributed by atoms with E-state index in [1.807, 2.05) is 5.32 Å². The number of unbranched alkanes of at least 4 members (excludes halogenated alkanes) is 1. The van der Waals surface area contributed by atoms with E-state index in [0.717, 1.165) is 18.6 Å². The number of hydrogen-bond acceptors (Lipinski definition) is 8. The minimum Gasteiger partial charge on any atom is -0.480 e. The minimum absolute atomic E-state index is 0.136. The van der Waals surface area contributed by atoms with E-state index in [0.29, 0.717) is 19.4 Å². The molecule has 0 fully saturated rings. The Balaban J connectivity index is 0.000000543. The largest absolute Gasteiger partial charge is 0.480 e. The quantitative estimate of drug-likeness (QED) is 0.128. The van der Waals surface area contributed by atoms with E-state index < -0.39 is 34.7 Å². The summed E-state index contributed by atoms with van der Waals surface area (Å²) in [5.41, 5.74) is 10.4. The molecule has 13 nitrogen and oxygen atoms in total. The number of anilines is 1. The maximum Gasteiger partial charge on any atom is 0.394 e. The second kappa shape index (κ2) is 13.6. The molecule has 1 rings (SSSR count). The molecule has 0 aromatic heterocycles. The first-order valence-electron chi connectivity index (χ1n) is 8.33. The monoisotopic (exact) mass is 413 g/mol. The molecule has 0 heterocycles. The van der Waals surface area contributed by atoms with Gasteiger partial charge in [0, 0.05) is 17.8 Å². The SMILES string of the molecule is NCCCC[C@H](NC(=O)CN)C(=O)O.O=C(O)C(=O)Nc1ccc([N+](=O)[O-])cc1. The van der Waals surface area contributed by atoms with Gasteiger partial charge in [0.05, 0.1) is 11.5 Å². The molecule has 8 N–H and O–H groups in total. The van der Waals surface area contributed by atoms with Gasteiger partial charge in [-0.25, -0.2) is 9.59 Å². The van der Waals surface area contributed by atoms with Crippen molar-refractivity contribution in [3.05, 3.63) is 34.4 Å². The number of nitro benzene ring substituents is 1. The number of nitrogens with one attached hydrogen (secondary N) is 2. The summed E-state index contributed by atoms with van der Waals surface area (Å²) in [6.07, 6.45) is 1.82. The minimum atomic E-state index is -1.62. The fraction of sp³-hybridized carbons (Fsp3) is 0.375. The molecule has 2 amide bonds. The van der Waals surface area contributed by atoms with Crippen LogP contribution in [-0.4, -0.2) is 58.0 Å². The summed E-state index contributed by atoms with van der Waals surface area (Å²) >= 11 is 0. The van der Waals surface area contributed by atoms with Gasteiger partial charge in [-0.05, 0) is 37.9 Å². The smallest absolute Gasteiger partial charge is 0.394 e. The number of non-ortho nitro benzene ring substituents is 1. The Morgan fingerprint density at radius 1 is 1.07 bits per heavy atom. The van der Waals surface area contributed by atoms with Gasteiger partial charge in [0.15, 0.2) is 0 Å². The molecular weight excluding hydrogens is 390 g/mol. The van der Waals surface area contributed by atoms with Crippen LogP contribution in [0, 0.1) is 10.1 Å². The summed E-state index contributed by atoms with van der Waals surface area (Å²) < 4.78 is 0. The van der Waals surface area contributed by atoms with E-state index in [9.17, 15) is 29.3 Å². The molecule has 0 bridgehead atoms. The zero-order chi connectivity index (χ0) is 22.4. The first kappa shape index (κ1) is 25.4. The average Bonchev–Trinajstić information content (AvgIpc) is 2.67. The second-order valence-corrected chi connectivity index (χ2v) is 5.51. The number of nitro groups is 1. The van der Waals surface area contributed by atoms with Crippen molar-refractivity contribution in [2.24, 2.45) is 11.5 Å². The number of benzene rings is 1. The summed E-state index contributed by atoms with van der Waals surface area (Å²) in [4.78, 5) is 52.0. The van der Waals surface area contributed by atoms with Crippen molar-refractivity contribution in [3.8, 4) is 0 Å². The molecule has 160 valence electrons. The number of carbonyl (C=O) groups excluding carboxylic acids is 2. The Hall–Kier alpha value is -3.58. The number of aliphatic carboxylic acids is 2. The van der Waals surface area contributed by atoms with Crippen molar-refractivity contribution in [3.63, 3.8) is 0 Å². The fourth-order valence-electron chi connectivity index (χ4n) is 1.85. The third-order valence-corrected chi connectivity index (χ3v) is 3.30. The van der Waals surface area contributed by atoms with Crippen molar-refractivity contribution >= 4 is 35.1 Å². The van der Waals surface area contributed by atoms with E-state index in [1.54, 1.807) is 0 Å². The van der Waals surface area contributed by atoms with Crippen LogP contribution in [-0.2, 0) is 19.2 Å². The van der Waals surface area contributed by atoms with Crippen LogP contribution in [0.15, 0.2) is 24.3 Å². The van der Waals surface area contributed by atoms with Crippen LogP contribution in [0.25, 0.3) is 0 Å². The second-order valence-electron chi connectivity index (χ2n) is 5.51. The number of nitrogens with zero attached hydrogens (tertiary/aromatic N) is 1. The van der Waals surface area contributed by atoms with E-state index >= 15 is 0 Å². The molecule has 0 saturated carbocycles. The van der Waals surface area contributed by atoms with Crippen molar-refractivity contribution < 1.29 is 34.3 Å².